The normalized spacial score (nSPS) is 9.86. The summed E-state index contributed by atoms with van der Waals surface area (Å²) in [4.78, 5) is 19.5. The number of nitro benzene ring substituents is 2. The predicted octanol–water partition coefficient (Wildman–Crippen LogP) is 1.99. The first-order valence-electron chi connectivity index (χ1n) is 3.69. The number of rotatable bonds is 2. The molecule has 1 radical (unpaired) electrons. The van der Waals surface area contributed by atoms with Crippen LogP contribution in [0.3, 0.4) is 0 Å². The summed E-state index contributed by atoms with van der Waals surface area (Å²) < 4.78 is 0. The van der Waals surface area contributed by atoms with Crippen molar-refractivity contribution < 1.29 is 9.85 Å². The Morgan fingerprint density at radius 2 is 1.79 bits per heavy atom. The molecular formula is C8H7N2O4. The number of nitro groups is 2. The average Bonchev–Trinajstić information content (AvgIpc) is 2.08. The highest BCUT2D eigenvalue weighted by Gasteiger charge is 2.27. The molecule has 0 N–H and O–H groups in total. The molecule has 0 atom stereocenters. The third kappa shape index (κ3) is 1.54. The lowest BCUT2D eigenvalue weighted by atomic mass is 10.1. The van der Waals surface area contributed by atoms with Crippen LogP contribution in [-0.4, -0.2) is 9.85 Å². The summed E-state index contributed by atoms with van der Waals surface area (Å²) in [5.41, 5.74) is -0.339. The molecule has 73 valence electrons. The van der Waals surface area contributed by atoms with E-state index in [2.05, 4.69) is 6.92 Å². The zero-order chi connectivity index (χ0) is 10.9. The molecule has 0 aliphatic carbocycles. The molecule has 0 amide bonds. The molecule has 0 saturated heterocycles. The summed E-state index contributed by atoms with van der Waals surface area (Å²) in [6, 6.07) is 2.48. The molecule has 6 heteroatoms. The van der Waals surface area contributed by atoms with Crippen molar-refractivity contribution >= 4 is 11.4 Å². The van der Waals surface area contributed by atoms with Crippen LogP contribution in [0.15, 0.2) is 12.1 Å². The van der Waals surface area contributed by atoms with Gasteiger partial charge in [0, 0.05) is 11.6 Å². The molecule has 0 fully saturated rings. The Balaban J connectivity index is 3.53. The molecule has 0 aromatic heterocycles. The number of hydrogen-bond acceptors (Lipinski definition) is 4. The van der Waals surface area contributed by atoms with Crippen LogP contribution in [0, 0.1) is 34.1 Å². The maximum atomic E-state index is 10.6. The van der Waals surface area contributed by atoms with Crippen molar-refractivity contribution in [2.75, 3.05) is 0 Å². The smallest absolute Gasteiger partial charge is 0.258 e. The Kier molecular flexibility index (Phi) is 2.46. The van der Waals surface area contributed by atoms with E-state index in [4.69, 9.17) is 0 Å². The van der Waals surface area contributed by atoms with Crippen molar-refractivity contribution in [3.63, 3.8) is 0 Å². The molecule has 0 aliphatic rings. The van der Waals surface area contributed by atoms with Crippen molar-refractivity contribution in [2.24, 2.45) is 0 Å². The van der Waals surface area contributed by atoms with E-state index in [1.165, 1.54) is 13.0 Å². The largest absolute Gasteiger partial charge is 0.349 e. The monoisotopic (exact) mass is 195 g/mol. The molecule has 1 aromatic carbocycles. The molecule has 0 aliphatic heterocycles. The minimum absolute atomic E-state index is 0.226. The minimum atomic E-state index is -0.773. The maximum absolute atomic E-state index is 10.6. The van der Waals surface area contributed by atoms with Crippen LogP contribution in [0.2, 0.25) is 0 Å². The quantitative estimate of drug-likeness (QED) is 0.533. The highest BCUT2D eigenvalue weighted by atomic mass is 16.6. The second-order valence-corrected chi connectivity index (χ2v) is 2.73. The van der Waals surface area contributed by atoms with E-state index in [1.54, 1.807) is 0 Å². The van der Waals surface area contributed by atoms with E-state index in [0.29, 0.717) is 5.56 Å². The molecule has 6 nitrogen and oxygen atoms in total. The second-order valence-electron chi connectivity index (χ2n) is 2.73. The van der Waals surface area contributed by atoms with Crippen LogP contribution in [0.25, 0.3) is 0 Å². The summed E-state index contributed by atoms with van der Waals surface area (Å²) >= 11 is 0. The van der Waals surface area contributed by atoms with Crippen molar-refractivity contribution in [2.45, 2.75) is 6.92 Å². The molecule has 0 saturated carbocycles. The highest BCUT2D eigenvalue weighted by molar-refractivity contribution is 5.60. The van der Waals surface area contributed by atoms with E-state index in [0.717, 1.165) is 6.07 Å². The summed E-state index contributed by atoms with van der Waals surface area (Å²) in [6.07, 6.45) is 0. The minimum Gasteiger partial charge on any atom is -0.258 e. The van der Waals surface area contributed by atoms with Crippen molar-refractivity contribution in [1.82, 2.24) is 0 Å². The molecule has 14 heavy (non-hydrogen) atoms. The molecular weight excluding hydrogens is 188 g/mol. The maximum Gasteiger partial charge on any atom is 0.349 e. The highest BCUT2D eigenvalue weighted by Crippen LogP contribution is 2.31. The second kappa shape index (κ2) is 3.41. The van der Waals surface area contributed by atoms with Crippen LogP contribution in [0.5, 0.6) is 0 Å². The van der Waals surface area contributed by atoms with Crippen LogP contribution in [-0.2, 0) is 0 Å². The van der Waals surface area contributed by atoms with Gasteiger partial charge < -0.3 is 0 Å². The zero-order valence-electron chi connectivity index (χ0n) is 7.39. The van der Waals surface area contributed by atoms with E-state index in [9.17, 15) is 20.2 Å². The Labute approximate surface area is 79.5 Å². The standard InChI is InChI=1S/C8H7N2O4/c1-5-3-4-7(9(11)12)8(6(5)2)10(13)14/h3-4H,1H2,2H3. The fraction of sp³-hybridized carbons (Fsp3) is 0.125. The first kappa shape index (κ1) is 10.1. The molecule has 0 bridgehead atoms. The van der Waals surface area contributed by atoms with Crippen molar-refractivity contribution in [3.05, 3.63) is 50.4 Å². The van der Waals surface area contributed by atoms with Gasteiger partial charge in [-0.3, -0.25) is 20.2 Å². The molecule has 0 spiro atoms. The van der Waals surface area contributed by atoms with Gasteiger partial charge in [-0.15, -0.1) is 0 Å². The third-order valence-corrected chi connectivity index (χ3v) is 1.90. The zero-order valence-corrected chi connectivity index (χ0v) is 7.39. The van der Waals surface area contributed by atoms with Gasteiger partial charge in [-0.05, 0) is 19.4 Å². The first-order valence-corrected chi connectivity index (χ1v) is 3.69. The first-order chi connectivity index (χ1) is 6.45. The SMILES string of the molecule is [CH2]c1ccc([N+](=O)[O-])c([N+](=O)[O-])c1C. The Hall–Kier alpha value is -1.98. The van der Waals surface area contributed by atoms with Gasteiger partial charge in [-0.1, -0.05) is 6.07 Å². The number of benzene rings is 1. The van der Waals surface area contributed by atoms with Gasteiger partial charge in [0.25, 0.3) is 0 Å². The van der Waals surface area contributed by atoms with Crippen LogP contribution >= 0.6 is 0 Å². The lowest BCUT2D eigenvalue weighted by molar-refractivity contribution is -0.422. The van der Waals surface area contributed by atoms with Crippen LogP contribution in [0.4, 0.5) is 11.4 Å². The molecule has 0 unspecified atom stereocenters. The van der Waals surface area contributed by atoms with Gasteiger partial charge in [-0.25, -0.2) is 0 Å². The lowest BCUT2D eigenvalue weighted by Crippen LogP contribution is -2.00. The van der Waals surface area contributed by atoms with Gasteiger partial charge in [0.15, 0.2) is 0 Å². The van der Waals surface area contributed by atoms with Crippen LogP contribution < -0.4 is 0 Å². The molecule has 1 rings (SSSR count). The summed E-state index contributed by atoms with van der Waals surface area (Å²) in [6.45, 7) is 4.97. The predicted molar refractivity (Wildman–Crippen MR) is 48.9 cm³/mol. The summed E-state index contributed by atoms with van der Waals surface area (Å²) in [5.74, 6) is 0. The average molecular weight is 195 g/mol. The third-order valence-electron chi connectivity index (χ3n) is 1.90. The fourth-order valence-corrected chi connectivity index (χ4v) is 1.11. The summed E-state index contributed by atoms with van der Waals surface area (Å²) in [7, 11) is 0. The lowest BCUT2D eigenvalue weighted by Gasteiger charge is -2.00. The van der Waals surface area contributed by atoms with E-state index in [1.807, 2.05) is 0 Å². The van der Waals surface area contributed by atoms with Gasteiger partial charge in [-0.2, -0.15) is 0 Å². The Morgan fingerprint density at radius 1 is 1.21 bits per heavy atom. The number of nitrogens with zero attached hydrogens (tertiary/aromatic N) is 2. The van der Waals surface area contributed by atoms with E-state index in [-0.39, 0.29) is 5.56 Å². The van der Waals surface area contributed by atoms with Gasteiger partial charge in [0.05, 0.1) is 9.85 Å². The van der Waals surface area contributed by atoms with Crippen LogP contribution in [0.1, 0.15) is 11.1 Å². The van der Waals surface area contributed by atoms with Crippen molar-refractivity contribution in [3.8, 4) is 0 Å². The van der Waals surface area contributed by atoms with Crippen molar-refractivity contribution in [1.29, 1.82) is 0 Å². The topological polar surface area (TPSA) is 86.3 Å². The van der Waals surface area contributed by atoms with E-state index < -0.39 is 21.2 Å². The van der Waals surface area contributed by atoms with Gasteiger partial charge in [0.2, 0.25) is 0 Å². The Bertz CT molecular complexity index is 414. The Morgan fingerprint density at radius 3 is 2.21 bits per heavy atom. The number of hydrogen-bond donors (Lipinski definition) is 0. The molecule has 1 aromatic rings. The molecule has 0 heterocycles. The van der Waals surface area contributed by atoms with Gasteiger partial charge >= 0.3 is 11.4 Å². The van der Waals surface area contributed by atoms with E-state index >= 15 is 0 Å². The summed E-state index contributed by atoms with van der Waals surface area (Å²) in [5, 5.41) is 21.0. The van der Waals surface area contributed by atoms with Gasteiger partial charge in [0.1, 0.15) is 0 Å². The fourth-order valence-electron chi connectivity index (χ4n) is 1.11.